The molecule has 0 saturated carbocycles. The minimum absolute atomic E-state index is 0.0610. The van der Waals surface area contributed by atoms with E-state index in [1.165, 1.54) is 4.31 Å². The molecule has 0 atom stereocenters. The van der Waals surface area contributed by atoms with Crippen LogP contribution in [0.4, 0.5) is 14.5 Å². The number of nitrogens with two attached hydrogens (primary N) is 1. The van der Waals surface area contributed by atoms with Crippen molar-refractivity contribution in [1.29, 1.82) is 0 Å². The van der Waals surface area contributed by atoms with E-state index in [9.17, 15) is 17.2 Å². The number of rotatable bonds is 2. The van der Waals surface area contributed by atoms with E-state index in [-0.39, 0.29) is 11.1 Å². The zero-order valence-electron chi connectivity index (χ0n) is 11.5. The van der Waals surface area contributed by atoms with E-state index >= 15 is 0 Å². The first kappa shape index (κ1) is 15.2. The molecule has 20 heavy (non-hydrogen) atoms. The molecule has 112 valence electrons. The van der Waals surface area contributed by atoms with Crippen molar-refractivity contribution in [2.75, 3.05) is 18.8 Å². The van der Waals surface area contributed by atoms with Crippen molar-refractivity contribution >= 4 is 15.7 Å². The molecule has 1 aromatic carbocycles. The summed E-state index contributed by atoms with van der Waals surface area (Å²) in [4.78, 5) is -0.685. The van der Waals surface area contributed by atoms with Crippen molar-refractivity contribution in [2.24, 2.45) is 5.41 Å². The average molecular weight is 304 g/mol. The number of sulfonamides is 1. The van der Waals surface area contributed by atoms with Crippen molar-refractivity contribution in [1.82, 2.24) is 4.31 Å². The van der Waals surface area contributed by atoms with Gasteiger partial charge in [-0.3, -0.25) is 0 Å². The Hall–Kier alpha value is -1.21. The summed E-state index contributed by atoms with van der Waals surface area (Å²) < 4.78 is 53.0. The average Bonchev–Trinajstić information content (AvgIpc) is 2.33. The van der Waals surface area contributed by atoms with Gasteiger partial charge in [-0.2, -0.15) is 4.31 Å². The Balaban J connectivity index is 2.37. The van der Waals surface area contributed by atoms with Crippen LogP contribution in [0.5, 0.6) is 0 Å². The minimum Gasteiger partial charge on any atom is -0.399 e. The van der Waals surface area contributed by atoms with Crippen molar-refractivity contribution in [3.8, 4) is 0 Å². The van der Waals surface area contributed by atoms with E-state index in [2.05, 4.69) is 13.8 Å². The van der Waals surface area contributed by atoms with Crippen LogP contribution in [0.2, 0.25) is 0 Å². The number of nitrogens with zero attached hydrogens (tertiary/aromatic N) is 1. The fourth-order valence-corrected chi connectivity index (χ4v) is 3.79. The lowest BCUT2D eigenvalue weighted by molar-refractivity contribution is 0.195. The molecule has 0 spiro atoms. The second-order valence-electron chi connectivity index (χ2n) is 5.88. The Morgan fingerprint density at radius 1 is 1.20 bits per heavy atom. The second-order valence-corrected chi connectivity index (χ2v) is 7.79. The topological polar surface area (TPSA) is 63.4 Å². The molecular formula is C13H18F2N2O2S. The van der Waals surface area contributed by atoms with Crippen LogP contribution < -0.4 is 5.73 Å². The maximum Gasteiger partial charge on any atom is 0.246 e. The molecule has 1 saturated heterocycles. The number of benzene rings is 1. The minimum atomic E-state index is -4.05. The quantitative estimate of drug-likeness (QED) is 0.853. The Bertz CT molecular complexity index is 620. The summed E-state index contributed by atoms with van der Waals surface area (Å²) in [6.07, 6.45) is 1.36. The Morgan fingerprint density at radius 3 is 2.30 bits per heavy atom. The van der Waals surface area contributed by atoms with E-state index in [1.807, 2.05) is 0 Å². The third kappa shape index (κ3) is 2.78. The van der Waals surface area contributed by atoms with E-state index in [0.717, 1.165) is 12.1 Å². The third-order valence-corrected chi connectivity index (χ3v) is 5.61. The molecule has 0 radical (unpaired) electrons. The summed E-state index contributed by atoms with van der Waals surface area (Å²) in [5.41, 5.74) is 5.36. The zero-order valence-corrected chi connectivity index (χ0v) is 12.3. The highest BCUT2D eigenvalue weighted by Gasteiger charge is 2.34. The van der Waals surface area contributed by atoms with Crippen molar-refractivity contribution in [2.45, 2.75) is 31.6 Å². The number of halogens is 2. The molecule has 7 heteroatoms. The molecule has 0 aromatic heterocycles. The summed E-state index contributed by atoms with van der Waals surface area (Å²) in [7, 11) is -4.05. The summed E-state index contributed by atoms with van der Waals surface area (Å²) in [6.45, 7) is 4.70. The number of nitrogen functional groups attached to an aromatic ring is 1. The predicted molar refractivity (Wildman–Crippen MR) is 72.5 cm³/mol. The number of hydrogen-bond acceptors (Lipinski definition) is 3. The summed E-state index contributed by atoms with van der Waals surface area (Å²) in [5, 5.41) is 0. The molecule has 0 unspecified atom stereocenters. The first-order chi connectivity index (χ1) is 9.13. The lowest BCUT2D eigenvalue weighted by Gasteiger charge is -2.36. The molecule has 1 heterocycles. The van der Waals surface area contributed by atoms with Crippen LogP contribution in [0.25, 0.3) is 0 Å². The molecule has 2 N–H and O–H groups in total. The fraction of sp³-hybridized carbons (Fsp3) is 0.538. The van der Waals surface area contributed by atoms with Crippen LogP contribution in [-0.4, -0.2) is 25.8 Å². The smallest absolute Gasteiger partial charge is 0.246 e. The largest absolute Gasteiger partial charge is 0.399 e. The Morgan fingerprint density at radius 2 is 1.75 bits per heavy atom. The van der Waals surface area contributed by atoms with Crippen molar-refractivity contribution in [3.05, 3.63) is 23.8 Å². The van der Waals surface area contributed by atoms with Gasteiger partial charge in [-0.25, -0.2) is 17.2 Å². The van der Waals surface area contributed by atoms with E-state index in [0.29, 0.717) is 25.9 Å². The van der Waals surface area contributed by atoms with Crippen LogP contribution >= 0.6 is 0 Å². The highest BCUT2D eigenvalue weighted by molar-refractivity contribution is 7.89. The maximum atomic E-state index is 13.7. The van der Waals surface area contributed by atoms with Gasteiger partial charge in [-0.15, -0.1) is 0 Å². The fourth-order valence-electron chi connectivity index (χ4n) is 2.24. The SMILES string of the molecule is CC1(C)CCN(S(=O)(=O)c2cc(N)cc(F)c2F)CC1. The molecule has 0 aliphatic carbocycles. The first-order valence-electron chi connectivity index (χ1n) is 6.38. The van der Waals surface area contributed by atoms with Crippen LogP contribution in [0, 0.1) is 17.0 Å². The van der Waals surface area contributed by atoms with Crippen LogP contribution in [0.15, 0.2) is 17.0 Å². The molecule has 0 amide bonds. The first-order valence-corrected chi connectivity index (χ1v) is 7.82. The van der Waals surface area contributed by atoms with Gasteiger partial charge in [-0.1, -0.05) is 13.8 Å². The maximum absolute atomic E-state index is 13.7. The van der Waals surface area contributed by atoms with Gasteiger partial charge in [-0.05, 0) is 30.4 Å². The molecule has 4 nitrogen and oxygen atoms in total. The van der Waals surface area contributed by atoms with Crippen LogP contribution in [-0.2, 0) is 10.0 Å². The molecule has 1 aromatic rings. The highest BCUT2D eigenvalue weighted by atomic mass is 32.2. The van der Waals surface area contributed by atoms with Gasteiger partial charge in [0.25, 0.3) is 0 Å². The molecule has 1 fully saturated rings. The zero-order chi connectivity index (χ0) is 15.1. The van der Waals surface area contributed by atoms with Crippen LogP contribution in [0.3, 0.4) is 0 Å². The third-order valence-electron chi connectivity index (χ3n) is 3.71. The number of hydrogen-bond donors (Lipinski definition) is 1. The van der Waals surface area contributed by atoms with E-state index < -0.39 is 26.6 Å². The lowest BCUT2D eigenvalue weighted by Crippen LogP contribution is -2.41. The second kappa shape index (κ2) is 4.96. The number of piperidine rings is 1. The standard InChI is InChI=1S/C13H18F2N2O2S/c1-13(2)3-5-17(6-4-13)20(18,19)11-8-9(16)7-10(14)12(11)15/h7-8H,3-6,16H2,1-2H3. The lowest BCUT2D eigenvalue weighted by atomic mass is 9.83. The van der Waals surface area contributed by atoms with Gasteiger partial charge in [0.1, 0.15) is 4.90 Å². The van der Waals surface area contributed by atoms with Gasteiger partial charge >= 0.3 is 0 Å². The van der Waals surface area contributed by atoms with Crippen molar-refractivity contribution in [3.63, 3.8) is 0 Å². The van der Waals surface area contributed by atoms with Gasteiger partial charge in [0.15, 0.2) is 11.6 Å². The predicted octanol–water partition coefficient (Wildman–Crippen LogP) is 2.36. The van der Waals surface area contributed by atoms with Gasteiger partial charge in [0.05, 0.1) is 0 Å². The molecule has 1 aliphatic heterocycles. The summed E-state index contributed by atoms with van der Waals surface area (Å²) in [6, 6.07) is 1.74. The van der Waals surface area contributed by atoms with Gasteiger partial charge in [0, 0.05) is 18.8 Å². The number of anilines is 1. The highest BCUT2D eigenvalue weighted by Crippen LogP contribution is 2.33. The summed E-state index contributed by atoms with van der Waals surface area (Å²) in [5.74, 6) is -2.62. The van der Waals surface area contributed by atoms with Crippen LogP contribution in [0.1, 0.15) is 26.7 Å². The van der Waals surface area contributed by atoms with Crippen molar-refractivity contribution < 1.29 is 17.2 Å². The molecule has 0 bridgehead atoms. The summed E-state index contributed by atoms with van der Waals surface area (Å²) >= 11 is 0. The Kier molecular flexibility index (Phi) is 3.77. The molecular weight excluding hydrogens is 286 g/mol. The molecule has 1 aliphatic rings. The molecule has 2 rings (SSSR count). The Labute approximate surface area is 117 Å². The normalized spacial score (nSPS) is 20.0. The van der Waals surface area contributed by atoms with Gasteiger partial charge in [0.2, 0.25) is 10.0 Å². The van der Waals surface area contributed by atoms with Gasteiger partial charge < -0.3 is 5.73 Å². The van der Waals surface area contributed by atoms with E-state index in [4.69, 9.17) is 5.73 Å². The van der Waals surface area contributed by atoms with E-state index in [1.54, 1.807) is 0 Å². The monoisotopic (exact) mass is 304 g/mol.